The second kappa shape index (κ2) is 8.79. The van der Waals surface area contributed by atoms with Crippen LogP contribution in [0, 0.1) is 6.92 Å². The van der Waals surface area contributed by atoms with E-state index in [9.17, 15) is 9.59 Å². The Morgan fingerprint density at radius 3 is 2.40 bits per heavy atom. The Morgan fingerprint density at radius 1 is 1.10 bits per heavy atom. The van der Waals surface area contributed by atoms with Crippen molar-refractivity contribution in [1.29, 1.82) is 0 Å². The number of carbonyl (C=O) groups is 2. The molecule has 0 aliphatic carbocycles. The molecule has 0 unspecified atom stereocenters. The summed E-state index contributed by atoms with van der Waals surface area (Å²) >= 11 is 0. The molecule has 0 spiro atoms. The lowest BCUT2D eigenvalue weighted by molar-refractivity contribution is -0.123. The molecular formula is C14H20N2O4. The molecule has 0 aliphatic rings. The fourth-order valence-electron chi connectivity index (χ4n) is 1.38. The van der Waals surface area contributed by atoms with E-state index >= 15 is 0 Å². The maximum Gasteiger partial charge on any atom is 0.407 e. The average Bonchev–Trinajstić information content (AvgIpc) is 2.43. The van der Waals surface area contributed by atoms with E-state index in [1.54, 1.807) is 6.92 Å². The molecule has 0 bridgehead atoms. The minimum Gasteiger partial charge on any atom is -0.484 e. The van der Waals surface area contributed by atoms with Crippen LogP contribution in [0.1, 0.15) is 12.5 Å². The van der Waals surface area contributed by atoms with E-state index in [0.29, 0.717) is 25.4 Å². The summed E-state index contributed by atoms with van der Waals surface area (Å²) < 4.78 is 9.99. The van der Waals surface area contributed by atoms with Gasteiger partial charge in [0.25, 0.3) is 5.91 Å². The summed E-state index contributed by atoms with van der Waals surface area (Å²) in [6.45, 7) is 4.62. The van der Waals surface area contributed by atoms with Gasteiger partial charge in [0.05, 0.1) is 6.61 Å². The van der Waals surface area contributed by atoms with Gasteiger partial charge in [0, 0.05) is 13.1 Å². The monoisotopic (exact) mass is 280 g/mol. The van der Waals surface area contributed by atoms with Crippen molar-refractivity contribution in [3.8, 4) is 5.75 Å². The number of carbonyl (C=O) groups excluding carboxylic acids is 2. The Hall–Kier alpha value is -2.24. The minimum atomic E-state index is -0.488. The van der Waals surface area contributed by atoms with Gasteiger partial charge >= 0.3 is 6.09 Å². The number of rotatable bonds is 7. The summed E-state index contributed by atoms with van der Waals surface area (Å²) in [5, 5.41) is 5.13. The second-order valence-corrected chi connectivity index (χ2v) is 4.10. The van der Waals surface area contributed by atoms with Gasteiger partial charge in [-0.2, -0.15) is 0 Å². The maximum absolute atomic E-state index is 11.5. The molecule has 1 rings (SSSR count). The van der Waals surface area contributed by atoms with Crippen LogP contribution in [0.2, 0.25) is 0 Å². The minimum absolute atomic E-state index is 0.0531. The third kappa shape index (κ3) is 6.63. The lowest BCUT2D eigenvalue weighted by Crippen LogP contribution is -2.37. The smallest absolute Gasteiger partial charge is 0.407 e. The van der Waals surface area contributed by atoms with Gasteiger partial charge in [0.1, 0.15) is 5.75 Å². The zero-order valence-corrected chi connectivity index (χ0v) is 11.8. The SMILES string of the molecule is CCOC(=O)NCCNC(=O)COc1ccc(C)cc1. The average molecular weight is 280 g/mol. The molecule has 1 aromatic carbocycles. The molecule has 2 N–H and O–H groups in total. The number of ether oxygens (including phenoxy) is 2. The number of alkyl carbamates (subject to hydrolysis) is 1. The van der Waals surface area contributed by atoms with Crippen LogP contribution in [0.5, 0.6) is 5.75 Å². The van der Waals surface area contributed by atoms with Gasteiger partial charge in [-0.3, -0.25) is 4.79 Å². The zero-order valence-electron chi connectivity index (χ0n) is 11.8. The molecule has 0 atom stereocenters. The predicted octanol–water partition coefficient (Wildman–Crippen LogP) is 1.24. The first-order chi connectivity index (χ1) is 9.61. The molecule has 1 aromatic rings. The predicted molar refractivity (Wildman–Crippen MR) is 74.7 cm³/mol. The molecule has 0 radical (unpaired) electrons. The first-order valence-corrected chi connectivity index (χ1v) is 6.48. The van der Waals surface area contributed by atoms with E-state index in [2.05, 4.69) is 15.4 Å². The Bertz CT molecular complexity index is 431. The molecule has 0 heterocycles. The van der Waals surface area contributed by atoms with Crippen LogP contribution in [0.4, 0.5) is 4.79 Å². The number of nitrogens with one attached hydrogen (secondary N) is 2. The summed E-state index contributed by atoms with van der Waals surface area (Å²) in [5.74, 6) is 0.409. The fourth-order valence-corrected chi connectivity index (χ4v) is 1.38. The van der Waals surface area contributed by atoms with Crippen LogP contribution in [-0.4, -0.2) is 38.3 Å². The lowest BCUT2D eigenvalue weighted by atomic mass is 10.2. The summed E-state index contributed by atoms with van der Waals surface area (Å²) in [7, 11) is 0. The first kappa shape index (κ1) is 15.8. The molecule has 0 saturated carbocycles. The van der Waals surface area contributed by atoms with E-state index in [0.717, 1.165) is 5.56 Å². The highest BCUT2D eigenvalue weighted by Gasteiger charge is 2.03. The van der Waals surface area contributed by atoms with Crippen molar-refractivity contribution in [2.24, 2.45) is 0 Å². The number of hydrogen-bond acceptors (Lipinski definition) is 4. The molecule has 110 valence electrons. The number of hydrogen-bond donors (Lipinski definition) is 2. The fraction of sp³-hybridized carbons (Fsp3) is 0.429. The Kier molecular flexibility index (Phi) is 6.95. The largest absolute Gasteiger partial charge is 0.484 e. The summed E-state index contributed by atoms with van der Waals surface area (Å²) in [6.07, 6.45) is -0.488. The van der Waals surface area contributed by atoms with Gasteiger partial charge in [0.2, 0.25) is 0 Å². The van der Waals surface area contributed by atoms with Gasteiger partial charge in [-0.05, 0) is 26.0 Å². The Morgan fingerprint density at radius 2 is 1.75 bits per heavy atom. The van der Waals surface area contributed by atoms with Gasteiger partial charge in [-0.15, -0.1) is 0 Å². The molecule has 0 aromatic heterocycles. The van der Waals surface area contributed by atoms with Crippen LogP contribution in [-0.2, 0) is 9.53 Å². The maximum atomic E-state index is 11.5. The molecule has 6 heteroatoms. The second-order valence-electron chi connectivity index (χ2n) is 4.10. The molecule has 2 amide bonds. The lowest BCUT2D eigenvalue weighted by Gasteiger charge is -2.08. The van der Waals surface area contributed by atoms with Crippen molar-refractivity contribution in [2.45, 2.75) is 13.8 Å². The van der Waals surface area contributed by atoms with Crippen LogP contribution >= 0.6 is 0 Å². The molecule has 6 nitrogen and oxygen atoms in total. The standard InChI is InChI=1S/C14H20N2O4/c1-3-19-14(18)16-9-8-15-13(17)10-20-12-6-4-11(2)5-7-12/h4-7H,3,8-10H2,1-2H3,(H,15,17)(H,16,18). The Labute approximate surface area is 118 Å². The highest BCUT2D eigenvalue weighted by Crippen LogP contribution is 2.10. The molecule has 0 fully saturated rings. The van der Waals surface area contributed by atoms with Crippen molar-refractivity contribution < 1.29 is 19.1 Å². The topological polar surface area (TPSA) is 76.7 Å². The summed E-state index contributed by atoms with van der Waals surface area (Å²) in [4.78, 5) is 22.4. The molecule has 0 aliphatic heterocycles. The van der Waals surface area contributed by atoms with E-state index in [-0.39, 0.29) is 12.5 Å². The van der Waals surface area contributed by atoms with Crippen molar-refractivity contribution in [2.75, 3.05) is 26.3 Å². The van der Waals surface area contributed by atoms with Crippen LogP contribution in [0.3, 0.4) is 0 Å². The van der Waals surface area contributed by atoms with E-state index < -0.39 is 6.09 Å². The number of benzene rings is 1. The number of amides is 2. The number of aryl methyl sites for hydroxylation is 1. The molecule has 0 saturated heterocycles. The van der Waals surface area contributed by atoms with Gasteiger partial charge in [-0.1, -0.05) is 17.7 Å². The summed E-state index contributed by atoms with van der Waals surface area (Å²) in [5.41, 5.74) is 1.13. The third-order valence-corrected chi connectivity index (χ3v) is 2.38. The van der Waals surface area contributed by atoms with Gasteiger partial charge in [0.15, 0.2) is 6.61 Å². The first-order valence-electron chi connectivity index (χ1n) is 6.48. The highest BCUT2D eigenvalue weighted by atomic mass is 16.5. The van der Waals surface area contributed by atoms with Gasteiger partial charge in [-0.25, -0.2) is 4.79 Å². The van der Waals surface area contributed by atoms with E-state index in [1.165, 1.54) is 0 Å². The van der Waals surface area contributed by atoms with Crippen LogP contribution in [0.15, 0.2) is 24.3 Å². The summed E-state index contributed by atoms with van der Waals surface area (Å²) in [6, 6.07) is 7.45. The quantitative estimate of drug-likeness (QED) is 0.737. The van der Waals surface area contributed by atoms with E-state index in [1.807, 2.05) is 31.2 Å². The zero-order chi connectivity index (χ0) is 14.8. The normalized spacial score (nSPS) is 9.70. The molecule has 20 heavy (non-hydrogen) atoms. The van der Waals surface area contributed by atoms with Gasteiger partial charge < -0.3 is 20.1 Å². The Balaban J connectivity index is 2.11. The third-order valence-electron chi connectivity index (χ3n) is 2.38. The van der Waals surface area contributed by atoms with Crippen molar-refractivity contribution >= 4 is 12.0 Å². The van der Waals surface area contributed by atoms with Crippen LogP contribution in [0.25, 0.3) is 0 Å². The van der Waals surface area contributed by atoms with Crippen molar-refractivity contribution in [1.82, 2.24) is 10.6 Å². The van der Waals surface area contributed by atoms with E-state index in [4.69, 9.17) is 4.74 Å². The molecular weight excluding hydrogens is 260 g/mol. The van der Waals surface area contributed by atoms with Crippen molar-refractivity contribution in [3.63, 3.8) is 0 Å². The van der Waals surface area contributed by atoms with Crippen molar-refractivity contribution in [3.05, 3.63) is 29.8 Å². The highest BCUT2D eigenvalue weighted by molar-refractivity contribution is 5.77. The van der Waals surface area contributed by atoms with Crippen LogP contribution < -0.4 is 15.4 Å².